The smallest absolute Gasteiger partial charge is 0.228 e. The summed E-state index contributed by atoms with van der Waals surface area (Å²) in [6.45, 7) is 2.03. The summed E-state index contributed by atoms with van der Waals surface area (Å²) < 4.78 is 5.98. The molecule has 0 fully saturated rings. The van der Waals surface area contributed by atoms with Crippen LogP contribution in [0.15, 0.2) is 27.3 Å². The van der Waals surface area contributed by atoms with Gasteiger partial charge in [0.1, 0.15) is 5.69 Å². The first-order chi connectivity index (χ1) is 8.20. The second-order valence-corrected chi connectivity index (χ2v) is 4.57. The molecule has 0 aliphatic heterocycles. The fourth-order valence-electron chi connectivity index (χ4n) is 1.35. The van der Waals surface area contributed by atoms with Gasteiger partial charge in [-0.2, -0.15) is 4.98 Å². The number of hydrogen-bond acceptors (Lipinski definition) is 5. The van der Waals surface area contributed by atoms with Gasteiger partial charge in [-0.3, -0.25) is 4.98 Å². The van der Waals surface area contributed by atoms with Gasteiger partial charge in [0.15, 0.2) is 0 Å². The van der Waals surface area contributed by atoms with Crippen LogP contribution in [0.4, 0.5) is 0 Å². The molecular weight excluding hydrogens is 284 g/mol. The molecule has 2 N–H and O–H groups in total. The van der Waals surface area contributed by atoms with E-state index in [9.17, 15) is 0 Å². The lowest BCUT2D eigenvalue weighted by atomic mass is 10.2. The second kappa shape index (κ2) is 5.37. The van der Waals surface area contributed by atoms with E-state index in [4.69, 9.17) is 10.3 Å². The first-order valence-corrected chi connectivity index (χ1v) is 6.19. The van der Waals surface area contributed by atoms with Crippen molar-refractivity contribution in [2.24, 2.45) is 5.73 Å². The number of nitrogens with two attached hydrogens (primary N) is 1. The van der Waals surface area contributed by atoms with Crippen molar-refractivity contribution in [2.45, 2.75) is 25.8 Å². The number of nitrogens with zero attached hydrogens (tertiary/aromatic N) is 3. The van der Waals surface area contributed by atoms with Gasteiger partial charge < -0.3 is 10.3 Å². The molecule has 5 nitrogen and oxygen atoms in total. The molecule has 0 radical (unpaired) electrons. The molecule has 2 rings (SSSR count). The van der Waals surface area contributed by atoms with Gasteiger partial charge >= 0.3 is 0 Å². The molecule has 6 heteroatoms. The molecule has 0 amide bonds. The molecule has 2 heterocycles. The van der Waals surface area contributed by atoms with Crippen LogP contribution in [0.1, 0.15) is 19.2 Å². The Hall–Kier alpha value is -1.27. The van der Waals surface area contributed by atoms with Crippen LogP contribution in [0.3, 0.4) is 0 Å². The highest BCUT2D eigenvalue weighted by atomic mass is 79.9. The average Bonchev–Trinajstić information content (AvgIpc) is 2.78. The third-order valence-electron chi connectivity index (χ3n) is 2.40. The molecule has 17 heavy (non-hydrogen) atoms. The molecule has 1 unspecified atom stereocenters. The number of pyridine rings is 1. The quantitative estimate of drug-likeness (QED) is 0.935. The van der Waals surface area contributed by atoms with E-state index < -0.39 is 0 Å². The van der Waals surface area contributed by atoms with Gasteiger partial charge in [-0.25, -0.2) is 0 Å². The highest BCUT2D eigenvalue weighted by Crippen LogP contribution is 2.22. The van der Waals surface area contributed by atoms with Crippen LogP contribution in [-0.4, -0.2) is 21.2 Å². The van der Waals surface area contributed by atoms with Gasteiger partial charge in [-0.15, -0.1) is 0 Å². The Kier molecular flexibility index (Phi) is 3.86. The third kappa shape index (κ3) is 2.89. The van der Waals surface area contributed by atoms with Gasteiger partial charge in [-0.05, 0) is 34.5 Å². The van der Waals surface area contributed by atoms with Crippen LogP contribution >= 0.6 is 15.9 Å². The molecule has 90 valence electrons. The summed E-state index contributed by atoms with van der Waals surface area (Å²) >= 11 is 3.40. The van der Waals surface area contributed by atoms with Gasteiger partial charge in [0, 0.05) is 23.1 Å². The Bertz CT molecular complexity index is 500. The van der Waals surface area contributed by atoms with E-state index in [1.54, 1.807) is 6.20 Å². The summed E-state index contributed by atoms with van der Waals surface area (Å²) in [5.74, 6) is 1.03. The maximum atomic E-state index is 5.83. The molecule has 0 aliphatic rings. The van der Waals surface area contributed by atoms with Crippen molar-refractivity contribution in [2.75, 3.05) is 0 Å². The Balaban J connectivity index is 2.21. The van der Waals surface area contributed by atoms with Crippen LogP contribution in [0.2, 0.25) is 0 Å². The lowest BCUT2D eigenvalue weighted by Crippen LogP contribution is -2.21. The monoisotopic (exact) mass is 296 g/mol. The van der Waals surface area contributed by atoms with E-state index in [1.807, 2.05) is 19.1 Å². The maximum absolute atomic E-state index is 5.83. The molecule has 0 saturated heterocycles. The Morgan fingerprint density at radius 3 is 3.06 bits per heavy atom. The van der Waals surface area contributed by atoms with Crippen LogP contribution < -0.4 is 5.73 Å². The van der Waals surface area contributed by atoms with Crippen LogP contribution in [0.5, 0.6) is 0 Å². The minimum absolute atomic E-state index is 0.0514. The zero-order chi connectivity index (χ0) is 12.3. The average molecular weight is 297 g/mol. The molecule has 1 atom stereocenters. The summed E-state index contributed by atoms with van der Waals surface area (Å²) in [6, 6.07) is 3.77. The summed E-state index contributed by atoms with van der Waals surface area (Å²) in [5, 5.41) is 3.90. The maximum Gasteiger partial charge on any atom is 0.228 e. The normalized spacial score (nSPS) is 12.6. The van der Waals surface area contributed by atoms with Crippen molar-refractivity contribution < 1.29 is 4.52 Å². The number of rotatable bonds is 4. The molecule has 0 bridgehead atoms. The fourth-order valence-corrected chi connectivity index (χ4v) is 1.79. The summed E-state index contributed by atoms with van der Waals surface area (Å²) in [6.07, 6.45) is 3.16. The first-order valence-electron chi connectivity index (χ1n) is 5.39. The zero-order valence-electron chi connectivity index (χ0n) is 9.43. The van der Waals surface area contributed by atoms with Crippen molar-refractivity contribution in [1.29, 1.82) is 0 Å². The van der Waals surface area contributed by atoms with Crippen molar-refractivity contribution in [3.63, 3.8) is 0 Å². The summed E-state index contributed by atoms with van der Waals surface area (Å²) in [4.78, 5) is 8.48. The second-order valence-electron chi connectivity index (χ2n) is 3.72. The van der Waals surface area contributed by atoms with Crippen LogP contribution in [0.25, 0.3) is 11.5 Å². The number of aromatic nitrogens is 3. The minimum atomic E-state index is 0.0514. The summed E-state index contributed by atoms with van der Waals surface area (Å²) in [5.41, 5.74) is 6.50. The highest BCUT2D eigenvalue weighted by Gasteiger charge is 2.14. The molecule has 0 saturated carbocycles. The van der Waals surface area contributed by atoms with Crippen LogP contribution in [-0.2, 0) is 6.42 Å². The van der Waals surface area contributed by atoms with Gasteiger partial charge in [0.2, 0.25) is 11.7 Å². The molecule has 0 spiro atoms. The lowest BCUT2D eigenvalue weighted by Gasteiger charge is -2.02. The Morgan fingerprint density at radius 1 is 1.53 bits per heavy atom. The van der Waals surface area contributed by atoms with Gasteiger partial charge in [-0.1, -0.05) is 12.1 Å². The first kappa shape index (κ1) is 12.2. The number of hydrogen-bond donors (Lipinski definition) is 1. The zero-order valence-corrected chi connectivity index (χ0v) is 11.0. The Labute approximate surface area is 108 Å². The summed E-state index contributed by atoms with van der Waals surface area (Å²) in [7, 11) is 0. The lowest BCUT2D eigenvalue weighted by molar-refractivity contribution is 0.367. The van der Waals surface area contributed by atoms with E-state index in [0.717, 1.165) is 10.9 Å². The molecule has 0 aliphatic carbocycles. The van der Waals surface area contributed by atoms with Gasteiger partial charge in [0.25, 0.3) is 0 Å². The van der Waals surface area contributed by atoms with E-state index in [1.165, 1.54) is 0 Å². The minimum Gasteiger partial charge on any atom is -0.339 e. The fraction of sp³-hybridized carbons (Fsp3) is 0.364. The Morgan fingerprint density at radius 2 is 2.35 bits per heavy atom. The van der Waals surface area contributed by atoms with E-state index in [-0.39, 0.29) is 6.04 Å². The third-order valence-corrected chi connectivity index (χ3v) is 3.04. The van der Waals surface area contributed by atoms with E-state index in [0.29, 0.717) is 23.8 Å². The largest absolute Gasteiger partial charge is 0.339 e. The SMILES string of the molecule is CCC(N)Cc1nc(-c2ncccc2Br)no1. The van der Waals surface area contributed by atoms with Crippen molar-refractivity contribution in [3.05, 3.63) is 28.7 Å². The molecule has 2 aromatic heterocycles. The van der Waals surface area contributed by atoms with Crippen molar-refractivity contribution in [3.8, 4) is 11.5 Å². The van der Waals surface area contributed by atoms with Crippen LogP contribution in [0, 0.1) is 0 Å². The molecule has 2 aromatic rings. The highest BCUT2D eigenvalue weighted by molar-refractivity contribution is 9.10. The van der Waals surface area contributed by atoms with E-state index >= 15 is 0 Å². The van der Waals surface area contributed by atoms with E-state index in [2.05, 4.69) is 31.1 Å². The van der Waals surface area contributed by atoms with Crippen molar-refractivity contribution in [1.82, 2.24) is 15.1 Å². The molecular formula is C11H13BrN4O. The standard InChI is InChI=1S/C11H13BrN4O/c1-2-7(13)6-9-15-11(16-17-9)10-8(12)4-3-5-14-10/h3-5,7H,2,6,13H2,1H3. The topological polar surface area (TPSA) is 77.8 Å². The van der Waals surface area contributed by atoms with Crippen molar-refractivity contribution >= 4 is 15.9 Å². The predicted molar refractivity (Wildman–Crippen MR) is 67.2 cm³/mol. The molecule has 0 aromatic carbocycles. The number of halogens is 1. The predicted octanol–water partition coefficient (Wildman–Crippen LogP) is 2.17. The van der Waals surface area contributed by atoms with Gasteiger partial charge in [0.05, 0.1) is 0 Å².